The maximum absolute atomic E-state index is 12.5. The molecular weight excluding hydrogens is 500 g/mol. The zero-order valence-electron chi connectivity index (χ0n) is 16.5. The number of carbonyl (C=O) groups is 1. The van der Waals surface area contributed by atoms with Crippen LogP contribution in [0.5, 0.6) is 5.75 Å². The van der Waals surface area contributed by atoms with Crippen molar-refractivity contribution >= 4 is 61.2 Å². The van der Waals surface area contributed by atoms with Crippen molar-refractivity contribution in [1.82, 2.24) is 25.1 Å². The molecule has 0 aliphatic heterocycles. The Morgan fingerprint density at radius 2 is 2.10 bits per heavy atom. The zero-order valence-corrected chi connectivity index (χ0v) is 19.8. The van der Waals surface area contributed by atoms with E-state index in [4.69, 9.17) is 17.0 Å². The quantitative estimate of drug-likeness (QED) is 0.381. The van der Waals surface area contributed by atoms with Gasteiger partial charge in [0.05, 0.1) is 11.6 Å². The fourth-order valence-corrected chi connectivity index (χ4v) is 4.48. The number of carbonyl (C=O) groups excluding carboxylic acids is 1. The molecule has 0 bridgehead atoms. The van der Waals surface area contributed by atoms with Gasteiger partial charge in [0.2, 0.25) is 4.96 Å². The van der Waals surface area contributed by atoms with Gasteiger partial charge in [-0.2, -0.15) is 9.61 Å². The second kappa shape index (κ2) is 9.08. The number of nitrogens with one attached hydrogen (secondary N) is 2. The molecule has 31 heavy (non-hydrogen) atoms. The number of hydrogen-bond donors (Lipinski definition) is 2. The number of ether oxygens (including phenoxy) is 1. The number of benzene rings is 2. The van der Waals surface area contributed by atoms with Crippen molar-refractivity contribution in [3.8, 4) is 16.3 Å². The zero-order chi connectivity index (χ0) is 22.0. The van der Waals surface area contributed by atoms with Crippen molar-refractivity contribution in [3.05, 3.63) is 58.3 Å². The highest BCUT2D eigenvalue weighted by Crippen LogP contribution is 2.28. The minimum absolute atomic E-state index is 0.195. The Morgan fingerprint density at radius 1 is 1.26 bits per heavy atom. The molecule has 8 nitrogen and oxygen atoms in total. The number of amides is 1. The third-order valence-corrected chi connectivity index (χ3v) is 6.15. The number of methoxy groups -OCH3 is 1. The monoisotopic (exact) mass is 516 g/mol. The molecule has 2 aromatic heterocycles. The fourth-order valence-electron chi connectivity index (χ4n) is 2.87. The first-order chi connectivity index (χ1) is 15.0. The van der Waals surface area contributed by atoms with Gasteiger partial charge in [-0.05, 0) is 58.5 Å². The Labute approximate surface area is 195 Å². The first-order valence-electron chi connectivity index (χ1n) is 9.26. The SMILES string of the molecule is CCc1nnc2sc(-c3cccc(NC(=S)NC(=O)c4ccc(OC)c(Br)c4)c3)nn12. The van der Waals surface area contributed by atoms with Crippen LogP contribution >= 0.6 is 39.5 Å². The molecule has 0 saturated heterocycles. The highest BCUT2D eigenvalue weighted by molar-refractivity contribution is 9.10. The lowest BCUT2D eigenvalue weighted by Gasteiger charge is -2.11. The molecule has 158 valence electrons. The maximum atomic E-state index is 12.5. The Balaban J connectivity index is 1.46. The summed E-state index contributed by atoms with van der Waals surface area (Å²) in [5.74, 6) is 1.14. The average Bonchev–Trinajstić information content (AvgIpc) is 3.34. The normalized spacial score (nSPS) is 10.8. The van der Waals surface area contributed by atoms with Crippen LogP contribution in [0.25, 0.3) is 15.5 Å². The van der Waals surface area contributed by atoms with E-state index >= 15 is 0 Å². The van der Waals surface area contributed by atoms with E-state index in [9.17, 15) is 4.79 Å². The van der Waals surface area contributed by atoms with Gasteiger partial charge in [-0.1, -0.05) is 30.4 Å². The van der Waals surface area contributed by atoms with Crippen LogP contribution in [0.1, 0.15) is 23.1 Å². The van der Waals surface area contributed by atoms with Crippen LogP contribution in [0.3, 0.4) is 0 Å². The van der Waals surface area contributed by atoms with Gasteiger partial charge in [0.15, 0.2) is 10.9 Å². The van der Waals surface area contributed by atoms with Crippen molar-refractivity contribution in [2.24, 2.45) is 0 Å². The number of halogens is 1. The molecule has 2 heterocycles. The van der Waals surface area contributed by atoms with Crippen LogP contribution in [0.2, 0.25) is 0 Å². The number of thiocarbonyl (C=S) groups is 1. The molecule has 0 aliphatic rings. The molecule has 0 saturated carbocycles. The van der Waals surface area contributed by atoms with Gasteiger partial charge in [0.25, 0.3) is 5.91 Å². The van der Waals surface area contributed by atoms with Gasteiger partial charge in [0.1, 0.15) is 10.8 Å². The van der Waals surface area contributed by atoms with E-state index in [1.165, 1.54) is 11.3 Å². The smallest absolute Gasteiger partial charge is 0.257 e. The van der Waals surface area contributed by atoms with Gasteiger partial charge in [-0.15, -0.1) is 10.2 Å². The molecule has 11 heteroatoms. The van der Waals surface area contributed by atoms with Crippen LogP contribution < -0.4 is 15.4 Å². The van der Waals surface area contributed by atoms with E-state index in [2.05, 4.69) is 41.9 Å². The van der Waals surface area contributed by atoms with Gasteiger partial charge >= 0.3 is 0 Å². The molecule has 4 rings (SSSR count). The third-order valence-electron chi connectivity index (χ3n) is 4.38. The lowest BCUT2D eigenvalue weighted by atomic mass is 10.2. The summed E-state index contributed by atoms with van der Waals surface area (Å²) in [6.45, 7) is 2.01. The summed E-state index contributed by atoms with van der Waals surface area (Å²) in [6.07, 6.45) is 0.755. The van der Waals surface area contributed by atoms with Gasteiger partial charge in [0, 0.05) is 23.2 Å². The van der Waals surface area contributed by atoms with E-state index in [-0.39, 0.29) is 11.0 Å². The third kappa shape index (κ3) is 4.58. The Morgan fingerprint density at radius 3 is 2.84 bits per heavy atom. The Hall–Kier alpha value is -2.89. The molecule has 0 radical (unpaired) electrons. The number of fused-ring (bicyclic) bond motifs is 1. The predicted octanol–water partition coefficient (Wildman–Crippen LogP) is 4.31. The van der Waals surface area contributed by atoms with Gasteiger partial charge in [-0.3, -0.25) is 10.1 Å². The van der Waals surface area contributed by atoms with E-state index in [0.717, 1.165) is 33.5 Å². The van der Waals surface area contributed by atoms with Crippen LogP contribution in [-0.4, -0.2) is 37.9 Å². The largest absolute Gasteiger partial charge is 0.496 e. The minimum Gasteiger partial charge on any atom is -0.496 e. The number of aromatic nitrogens is 4. The number of hydrogen-bond acceptors (Lipinski definition) is 7. The molecule has 0 fully saturated rings. The highest BCUT2D eigenvalue weighted by atomic mass is 79.9. The fraction of sp³-hybridized carbons (Fsp3) is 0.150. The maximum Gasteiger partial charge on any atom is 0.257 e. The van der Waals surface area contributed by atoms with Crippen molar-refractivity contribution in [3.63, 3.8) is 0 Å². The topological polar surface area (TPSA) is 93.4 Å². The van der Waals surface area contributed by atoms with E-state index in [0.29, 0.717) is 15.8 Å². The average molecular weight is 517 g/mol. The minimum atomic E-state index is -0.322. The molecule has 2 aromatic carbocycles. The van der Waals surface area contributed by atoms with Crippen molar-refractivity contribution < 1.29 is 9.53 Å². The van der Waals surface area contributed by atoms with Crippen LogP contribution in [-0.2, 0) is 6.42 Å². The second-order valence-electron chi connectivity index (χ2n) is 6.41. The lowest BCUT2D eigenvalue weighted by molar-refractivity contribution is 0.0977. The molecule has 2 N–H and O–H groups in total. The lowest BCUT2D eigenvalue weighted by Crippen LogP contribution is -2.34. The van der Waals surface area contributed by atoms with Gasteiger partial charge < -0.3 is 10.1 Å². The second-order valence-corrected chi connectivity index (χ2v) is 8.63. The number of aryl methyl sites for hydroxylation is 1. The van der Waals surface area contributed by atoms with Crippen LogP contribution in [0.4, 0.5) is 5.69 Å². The molecule has 0 unspecified atom stereocenters. The summed E-state index contributed by atoms with van der Waals surface area (Å²) in [5, 5.41) is 19.6. The summed E-state index contributed by atoms with van der Waals surface area (Å²) in [4.78, 5) is 13.2. The summed E-state index contributed by atoms with van der Waals surface area (Å²) in [7, 11) is 1.57. The summed E-state index contributed by atoms with van der Waals surface area (Å²) in [6, 6.07) is 12.7. The number of rotatable bonds is 5. The number of nitrogens with zero attached hydrogens (tertiary/aromatic N) is 4. The summed E-state index contributed by atoms with van der Waals surface area (Å²) >= 11 is 10.1. The van der Waals surface area contributed by atoms with Crippen molar-refractivity contribution in [2.45, 2.75) is 13.3 Å². The first-order valence-corrected chi connectivity index (χ1v) is 11.3. The number of anilines is 1. The first kappa shape index (κ1) is 21.3. The van der Waals surface area contributed by atoms with Crippen LogP contribution in [0.15, 0.2) is 46.9 Å². The van der Waals surface area contributed by atoms with Crippen molar-refractivity contribution in [1.29, 1.82) is 0 Å². The molecule has 1 amide bonds. The van der Waals surface area contributed by atoms with E-state index < -0.39 is 0 Å². The Kier molecular flexibility index (Phi) is 6.25. The molecule has 0 aliphatic carbocycles. The Bertz CT molecular complexity index is 1290. The standard InChI is InChI=1S/C20H17BrN6O2S2/c1-3-16-24-25-20-27(16)26-18(31-20)12-5-4-6-13(9-12)22-19(30)23-17(28)11-7-8-15(29-2)14(21)10-11/h4-10H,3H2,1-2H3,(H2,22,23,28,30). The van der Waals surface area contributed by atoms with E-state index in [1.54, 1.807) is 29.8 Å². The van der Waals surface area contributed by atoms with Crippen molar-refractivity contribution in [2.75, 3.05) is 12.4 Å². The van der Waals surface area contributed by atoms with E-state index in [1.807, 2.05) is 31.2 Å². The molecule has 0 spiro atoms. The van der Waals surface area contributed by atoms with Gasteiger partial charge in [-0.25, -0.2) is 0 Å². The molecule has 0 atom stereocenters. The summed E-state index contributed by atoms with van der Waals surface area (Å²) < 4.78 is 7.63. The molecule has 4 aromatic rings. The highest BCUT2D eigenvalue weighted by Gasteiger charge is 2.13. The summed E-state index contributed by atoms with van der Waals surface area (Å²) in [5.41, 5.74) is 2.10. The molecular formula is C20H17BrN6O2S2. The predicted molar refractivity (Wildman–Crippen MR) is 128 cm³/mol. The van der Waals surface area contributed by atoms with Crippen LogP contribution in [0, 0.1) is 0 Å².